The zero-order valence-electron chi connectivity index (χ0n) is 18.1. The van der Waals surface area contributed by atoms with Gasteiger partial charge < -0.3 is 24.2 Å². The molecule has 1 heterocycles. The van der Waals surface area contributed by atoms with Crippen molar-refractivity contribution in [1.29, 1.82) is 0 Å². The van der Waals surface area contributed by atoms with Crippen molar-refractivity contribution in [2.75, 3.05) is 33.9 Å². The Hall–Kier alpha value is -2.73. The van der Waals surface area contributed by atoms with Crippen molar-refractivity contribution in [3.05, 3.63) is 59.7 Å². The van der Waals surface area contributed by atoms with Crippen LogP contribution in [0.5, 0.6) is 11.5 Å². The van der Waals surface area contributed by atoms with Gasteiger partial charge in [0, 0.05) is 30.8 Å². The number of carbonyl (C=O) groups is 1. The first-order valence-electron chi connectivity index (χ1n) is 10.2. The number of carbonyl (C=O) groups excluding carboxylic acids is 1. The van der Waals surface area contributed by atoms with Crippen LogP contribution in [-0.4, -0.2) is 56.1 Å². The monoisotopic (exact) mass is 413 g/mol. The van der Waals surface area contributed by atoms with Gasteiger partial charge in [0.1, 0.15) is 0 Å². The minimum Gasteiger partial charge on any atom is -0.493 e. The van der Waals surface area contributed by atoms with Crippen molar-refractivity contribution >= 4 is 6.09 Å². The number of benzene rings is 2. The van der Waals surface area contributed by atoms with E-state index in [0.29, 0.717) is 31.2 Å². The number of hydrogen-bond acceptors (Lipinski definition) is 5. The lowest BCUT2D eigenvalue weighted by atomic mass is 9.72. The molecule has 162 valence electrons. The number of hydrogen-bond donors (Lipinski definition) is 1. The fraction of sp³-hybridized carbons (Fsp3) is 0.458. The summed E-state index contributed by atoms with van der Waals surface area (Å²) in [5.74, 6) is 1.27. The van der Waals surface area contributed by atoms with E-state index in [0.717, 1.165) is 12.0 Å². The van der Waals surface area contributed by atoms with Crippen molar-refractivity contribution < 1.29 is 24.1 Å². The summed E-state index contributed by atoms with van der Waals surface area (Å²) in [7, 11) is 3.00. The number of rotatable bonds is 7. The number of methoxy groups -OCH3 is 2. The predicted molar refractivity (Wildman–Crippen MR) is 115 cm³/mol. The van der Waals surface area contributed by atoms with Crippen LogP contribution in [0.25, 0.3) is 0 Å². The third-order valence-corrected chi connectivity index (χ3v) is 6.20. The highest BCUT2D eigenvalue weighted by atomic mass is 16.5. The summed E-state index contributed by atoms with van der Waals surface area (Å²) in [4.78, 5) is 13.8. The van der Waals surface area contributed by atoms with Crippen LogP contribution in [0.1, 0.15) is 30.9 Å². The van der Waals surface area contributed by atoms with Crippen LogP contribution in [0, 0.1) is 5.41 Å². The number of ether oxygens (including phenoxy) is 3. The zero-order valence-corrected chi connectivity index (χ0v) is 18.1. The molecule has 1 amide bonds. The molecule has 0 saturated carbocycles. The SMILES string of the molecule is COC(=O)N1CC(c2ccc(OC)c(OCCc3ccccc3)c2)C(C)(C(C)O)C1. The Morgan fingerprint density at radius 1 is 1.20 bits per heavy atom. The van der Waals surface area contributed by atoms with E-state index < -0.39 is 11.5 Å². The molecular weight excluding hydrogens is 382 g/mol. The maximum Gasteiger partial charge on any atom is 0.409 e. The maximum atomic E-state index is 12.1. The summed E-state index contributed by atoms with van der Waals surface area (Å²) in [6.07, 6.45) is -0.182. The van der Waals surface area contributed by atoms with Gasteiger partial charge in [-0.3, -0.25) is 0 Å². The first-order valence-corrected chi connectivity index (χ1v) is 10.2. The van der Waals surface area contributed by atoms with Crippen molar-refractivity contribution in [1.82, 2.24) is 4.90 Å². The van der Waals surface area contributed by atoms with Crippen LogP contribution >= 0.6 is 0 Å². The minimum absolute atomic E-state index is 0.0565. The van der Waals surface area contributed by atoms with E-state index in [1.54, 1.807) is 18.9 Å². The van der Waals surface area contributed by atoms with Crippen LogP contribution in [0.3, 0.4) is 0 Å². The van der Waals surface area contributed by atoms with E-state index in [4.69, 9.17) is 14.2 Å². The molecule has 30 heavy (non-hydrogen) atoms. The highest BCUT2D eigenvalue weighted by Crippen LogP contribution is 2.46. The molecule has 1 N–H and O–H groups in total. The Labute approximate surface area is 178 Å². The summed E-state index contributed by atoms with van der Waals surface area (Å²) in [6.45, 7) is 5.21. The van der Waals surface area contributed by atoms with Gasteiger partial charge in [-0.25, -0.2) is 4.79 Å². The van der Waals surface area contributed by atoms with Gasteiger partial charge in [-0.1, -0.05) is 43.3 Å². The molecule has 3 rings (SSSR count). The second kappa shape index (κ2) is 9.39. The average molecular weight is 414 g/mol. The summed E-state index contributed by atoms with van der Waals surface area (Å²) in [5, 5.41) is 10.5. The number of likely N-dealkylation sites (tertiary alicyclic amines) is 1. The molecule has 2 aromatic carbocycles. The zero-order chi connectivity index (χ0) is 21.7. The Bertz CT molecular complexity index is 854. The normalized spacial score (nSPS) is 21.9. The van der Waals surface area contributed by atoms with Gasteiger partial charge in [0.2, 0.25) is 0 Å². The first kappa shape index (κ1) is 22.0. The molecule has 3 unspecified atom stereocenters. The third-order valence-electron chi connectivity index (χ3n) is 6.20. The van der Waals surface area contributed by atoms with E-state index in [1.807, 2.05) is 43.3 Å². The second-order valence-electron chi connectivity index (χ2n) is 8.08. The Morgan fingerprint density at radius 2 is 1.93 bits per heavy atom. The summed E-state index contributed by atoms with van der Waals surface area (Å²) < 4.78 is 16.5. The fourth-order valence-electron chi connectivity index (χ4n) is 4.14. The number of aliphatic hydroxyl groups is 1. The standard InChI is InChI=1S/C24H31NO5/c1-17(26)24(2)16-25(23(27)29-4)15-20(24)19-10-11-21(28-3)22(14-19)30-13-12-18-8-6-5-7-9-18/h5-11,14,17,20,26H,12-13,15-16H2,1-4H3. The van der Waals surface area contributed by atoms with E-state index in [2.05, 4.69) is 12.1 Å². The molecule has 6 nitrogen and oxygen atoms in total. The smallest absolute Gasteiger partial charge is 0.409 e. The molecule has 2 aromatic rings. The fourth-order valence-corrected chi connectivity index (χ4v) is 4.14. The van der Waals surface area contributed by atoms with Crippen LogP contribution in [0.2, 0.25) is 0 Å². The lowest BCUT2D eigenvalue weighted by molar-refractivity contribution is 0.0470. The van der Waals surface area contributed by atoms with Gasteiger partial charge in [0.05, 0.1) is 26.9 Å². The molecular formula is C24H31NO5. The highest BCUT2D eigenvalue weighted by molar-refractivity contribution is 5.68. The summed E-state index contributed by atoms with van der Waals surface area (Å²) in [5.41, 5.74) is 1.71. The molecule has 1 aliphatic rings. The molecule has 1 aliphatic heterocycles. The van der Waals surface area contributed by atoms with Gasteiger partial charge in [0.15, 0.2) is 11.5 Å². The first-order chi connectivity index (χ1) is 14.4. The lowest BCUT2D eigenvalue weighted by Crippen LogP contribution is -2.38. The van der Waals surface area contributed by atoms with Gasteiger partial charge in [0.25, 0.3) is 0 Å². The average Bonchev–Trinajstić information content (AvgIpc) is 3.13. The van der Waals surface area contributed by atoms with E-state index in [9.17, 15) is 9.90 Å². The number of nitrogens with zero attached hydrogens (tertiary/aromatic N) is 1. The van der Waals surface area contributed by atoms with Crippen molar-refractivity contribution in [2.24, 2.45) is 5.41 Å². The summed E-state index contributed by atoms with van der Waals surface area (Å²) in [6, 6.07) is 16.0. The van der Waals surface area contributed by atoms with Crippen LogP contribution in [0.15, 0.2) is 48.5 Å². The second-order valence-corrected chi connectivity index (χ2v) is 8.08. The molecule has 1 saturated heterocycles. The number of aliphatic hydroxyl groups excluding tert-OH is 1. The summed E-state index contributed by atoms with van der Waals surface area (Å²) >= 11 is 0. The molecule has 0 aromatic heterocycles. The van der Waals surface area contributed by atoms with Crippen molar-refractivity contribution in [2.45, 2.75) is 32.3 Å². The van der Waals surface area contributed by atoms with E-state index in [1.165, 1.54) is 12.7 Å². The topological polar surface area (TPSA) is 68.2 Å². The molecule has 0 spiro atoms. The van der Waals surface area contributed by atoms with Crippen LogP contribution in [0.4, 0.5) is 4.79 Å². The van der Waals surface area contributed by atoms with Gasteiger partial charge in [-0.2, -0.15) is 0 Å². The lowest BCUT2D eigenvalue weighted by Gasteiger charge is -2.33. The van der Waals surface area contributed by atoms with Crippen LogP contribution in [-0.2, 0) is 11.2 Å². The quantitative estimate of drug-likeness (QED) is 0.746. The van der Waals surface area contributed by atoms with Crippen molar-refractivity contribution in [3.8, 4) is 11.5 Å². The molecule has 0 bridgehead atoms. The molecule has 6 heteroatoms. The van der Waals surface area contributed by atoms with E-state index in [-0.39, 0.29) is 12.0 Å². The van der Waals surface area contributed by atoms with E-state index >= 15 is 0 Å². The minimum atomic E-state index is -0.596. The maximum absolute atomic E-state index is 12.1. The largest absolute Gasteiger partial charge is 0.493 e. The Kier molecular flexibility index (Phi) is 6.87. The van der Waals surface area contributed by atoms with Crippen LogP contribution < -0.4 is 9.47 Å². The number of amides is 1. The van der Waals surface area contributed by atoms with Gasteiger partial charge in [-0.15, -0.1) is 0 Å². The molecule has 1 fully saturated rings. The molecule has 0 aliphatic carbocycles. The predicted octanol–water partition coefficient (Wildman–Crippen LogP) is 3.87. The third kappa shape index (κ3) is 4.54. The van der Waals surface area contributed by atoms with Crippen molar-refractivity contribution in [3.63, 3.8) is 0 Å². The Balaban J connectivity index is 1.82. The molecule has 0 radical (unpaired) electrons. The van der Waals surface area contributed by atoms with Gasteiger partial charge >= 0.3 is 6.09 Å². The van der Waals surface area contributed by atoms with Gasteiger partial charge in [-0.05, 0) is 30.2 Å². The highest BCUT2D eigenvalue weighted by Gasteiger charge is 2.48. The molecule has 3 atom stereocenters. The Morgan fingerprint density at radius 3 is 2.57 bits per heavy atom.